The van der Waals surface area contributed by atoms with Crippen molar-refractivity contribution in [3.8, 4) is 10.6 Å². The Balaban J connectivity index is 2.13. The molecular formula is C14H13N3S. The second kappa shape index (κ2) is 4.48. The van der Waals surface area contributed by atoms with Crippen molar-refractivity contribution in [2.75, 3.05) is 0 Å². The SMILES string of the molecule is Cc1ccc2sc(-c3ccnc(CN)c3)nc2c1. The van der Waals surface area contributed by atoms with E-state index in [9.17, 15) is 0 Å². The quantitative estimate of drug-likeness (QED) is 0.765. The molecule has 0 aliphatic heterocycles. The Bertz CT molecular complexity index is 703. The van der Waals surface area contributed by atoms with Crippen LogP contribution in [-0.2, 0) is 6.54 Å². The monoisotopic (exact) mass is 255 g/mol. The highest BCUT2D eigenvalue weighted by Crippen LogP contribution is 2.30. The highest BCUT2D eigenvalue weighted by Gasteiger charge is 2.07. The van der Waals surface area contributed by atoms with Crippen LogP contribution in [-0.4, -0.2) is 9.97 Å². The second-order valence-electron chi connectivity index (χ2n) is 4.23. The van der Waals surface area contributed by atoms with Crippen molar-refractivity contribution in [3.05, 3.63) is 47.8 Å². The van der Waals surface area contributed by atoms with Gasteiger partial charge in [-0.25, -0.2) is 4.98 Å². The zero-order chi connectivity index (χ0) is 12.5. The summed E-state index contributed by atoms with van der Waals surface area (Å²) in [5, 5.41) is 1.02. The van der Waals surface area contributed by atoms with Crippen LogP contribution in [0.1, 0.15) is 11.3 Å². The zero-order valence-electron chi connectivity index (χ0n) is 10.1. The molecule has 0 amide bonds. The van der Waals surface area contributed by atoms with E-state index in [1.165, 1.54) is 10.3 Å². The summed E-state index contributed by atoms with van der Waals surface area (Å²) < 4.78 is 1.21. The van der Waals surface area contributed by atoms with E-state index in [0.717, 1.165) is 21.8 Å². The Labute approximate surface area is 109 Å². The molecule has 0 radical (unpaired) electrons. The molecule has 3 aromatic rings. The van der Waals surface area contributed by atoms with Gasteiger partial charge in [0.05, 0.1) is 15.9 Å². The first-order chi connectivity index (χ1) is 8.76. The molecule has 0 spiro atoms. The highest BCUT2D eigenvalue weighted by atomic mass is 32.1. The number of thiazole rings is 1. The maximum Gasteiger partial charge on any atom is 0.124 e. The molecule has 0 unspecified atom stereocenters. The average Bonchev–Trinajstić information content (AvgIpc) is 2.81. The molecule has 90 valence electrons. The molecule has 0 aliphatic rings. The molecule has 4 heteroatoms. The fraction of sp³-hybridized carbons (Fsp3) is 0.143. The number of pyridine rings is 1. The number of hydrogen-bond donors (Lipinski definition) is 1. The molecule has 2 N–H and O–H groups in total. The fourth-order valence-corrected chi connectivity index (χ4v) is 2.83. The van der Waals surface area contributed by atoms with Gasteiger partial charge in [-0.2, -0.15) is 0 Å². The van der Waals surface area contributed by atoms with Crippen LogP contribution in [0.5, 0.6) is 0 Å². The van der Waals surface area contributed by atoms with Crippen molar-refractivity contribution < 1.29 is 0 Å². The number of nitrogens with two attached hydrogens (primary N) is 1. The first-order valence-corrected chi connectivity index (χ1v) is 6.60. The molecule has 0 saturated carbocycles. The van der Waals surface area contributed by atoms with Gasteiger partial charge in [-0.15, -0.1) is 11.3 Å². The molecule has 18 heavy (non-hydrogen) atoms. The summed E-state index contributed by atoms with van der Waals surface area (Å²) in [6, 6.07) is 10.3. The van der Waals surface area contributed by atoms with Crippen LogP contribution in [0.15, 0.2) is 36.5 Å². The minimum Gasteiger partial charge on any atom is -0.325 e. The van der Waals surface area contributed by atoms with E-state index in [4.69, 9.17) is 5.73 Å². The fourth-order valence-electron chi connectivity index (χ4n) is 1.88. The lowest BCUT2D eigenvalue weighted by atomic mass is 10.2. The van der Waals surface area contributed by atoms with Crippen LogP contribution in [0.3, 0.4) is 0 Å². The predicted molar refractivity (Wildman–Crippen MR) is 75.5 cm³/mol. The number of fused-ring (bicyclic) bond motifs is 1. The molecule has 3 nitrogen and oxygen atoms in total. The van der Waals surface area contributed by atoms with Gasteiger partial charge in [0.2, 0.25) is 0 Å². The Morgan fingerprint density at radius 3 is 2.94 bits per heavy atom. The van der Waals surface area contributed by atoms with E-state index in [1.54, 1.807) is 17.5 Å². The first kappa shape index (κ1) is 11.3. The van der Waals surface area contributed by atoms with Crippen molar-refractivity contribution in [2.45, 2.75) is 13.5 Å². The van der Waals surface area contributed by atoms with Crippen LogP contribution in [0.2, 0.25) is 0 Å². The van der Waals surface area contributed by atoms with Crippen molar-refractivity contribution in [1.29, 1.82) is 0 Å². The second-order valence-corrected chi connectivity index (χ2v) is 5.26. The zero-order valence-corrected chi connectivity index (χ0v) is 10.9. The Morgan fingerprint density at radius 2 is 2.11 bits per heavy atom. The molecule has 0 aliphatic carbocycles. The van der Waals surface area contributed by atoms with Crippen LogP contribution in [0.25, 0.3) is 20.8 Å². The van der Waals surface area contributed by atoms with Gasteiger partial charge in [0.15, 0.2) is 0 Å². The summed E-state index contributed by atoms with van der Waals surface area (Å²) >= 11 is 1.70. The summed E-state index contributed by atoms with van der Waals surface area (Å²) in [5.74, 6) is 0. The predicted octanol–water partition coefficient (Wildman–Crippen LogP) is 3.13. The first-order valence-electron chi connectivity index (χ1n) is 5.79. The molecule has 0 bridgehead atoms. The van der Waals surface area contributed by atoms with Crippen LogP contribution < -0.4 is 5.73 Å². The van der Waals surface area contributed by atoms with Crippen molar-refractivity contribution in [2.24, 2.45) is 5.73 Å². The standard InChI is InChI=1S/C14H13N3S/c1-9-2-3-13-12(6-9)17-14(18-13)10-4-5-16-11(7-10)8-15/h2-7H,8,15H2,1H3. The van der Waals surface area contributed by atoms with Crippen molar-refractivity contribution in [1.82, 2.24) is 9.97 Å². The number of aromatic nitrogens is 2. The Morgan fingerprint density at radius 1 is 1.22 bits per heavy atom. The van der Waals surface area contributed by atoms with E-state index in [-0.39, 0.29) is 0 Å². The van der Waals surface area contributed by atoms with Crippen LogP contribution in [0.4, 0.5) is 0 Å². The van der Waals surface area contributed by atoms with Gasteiger partial charge in [-0.3, -0.25) is 4.98 Å². The van der Waals surface area contributed by atoms with Crippen LogP contribution in [0, 0.1) is 6.92 Å². The smallest absolute Gasteiger partial charge is 0.124 e. The summed E-state index contributed by atoms with van der Waals surface area (Å²) in [4.78, 5) is 8.87. The van der Waals surface area contributed by atoms with Crippen LogP contribution >= 0.6 is 11.3 Å². The maximum atomic E-state index is 5.61. The van der Waals surface area contributed by atoms with E-state index >= 15 is 0 Å². The van der Waals surface area contributed by atoms with Gasteiger partial charge < -0.3 is 5.73 Å². The van der Waals surface area contributed by atoms with Crippen molar-refractivity contribution >= 4 is 21.6 Å². The molecule has 1 aromatic carbocycles. The molecular weight excluding hydrogens is 242 g/mol. The van der Waals surface area contributed by atoms with Gasteiger partial charge in [0.1, 0.15) is 5.01 Å². The van der Waals surface area contributed by atoms with E-state index in [0.29, 0.717) is 6.54 Å². The van der Waals surface area contributed by atoms with Gasteiger partial charge in [0, 0.05) is 18.3 Å². The molecule has 0 saturated heterocycles. The van der Waals surface area contributed by atoms with Crippen molar-refractivity contribution in [3.63, 3.8) is 0 Å². The number of nitrogens with zero attached hydrogens (tertiary/aromatic N) is 2. The molecule has 2 heterocycles. The third-order valence-corrected chi connectivity index (χ3v) is 3.90. The number of benzene rings is 1. The Hall–Kier alpha value is -1.78. The van der Waals surface area contributed by atoms with Gasteiger partial charge >= 0.3 is 0 Å². The molecule has 2 aromatic heterocycles. The normalized spacial score (nSPS) is 11.0. The third kappa shape index (κ3) is 2.00. The summed E-state index contributed by atoms with van der Waals surface area (Å²) in [7, 11) is 0. The lowest BCUT2D eigenvalue weighted by Gasteiger charge is -1.98. The van der Waals surface area contributed by atoms with Gasteiger partial charge in [-0.1, -0.05) is 6.07 Å². The van der Waals surface area contributed by atoms with Gasteiger partial charge in [-0.05, 0) is 36.8 Å². The number of aryl methyl sites for hydroxylation is 1. The van der Waals surface area contributed by atoms with Gasteiger partial charge in [0.25, 0.3) is 0 Å². The highest BCUT2D eigenvalue weighted by molar-refractivity contribution is 7.21. The lowest BCUT2D eigenvalue weighted by molar-refractivity contribution is 0.991. The topological polar surface area (TPSA) is 51.8 Å². The largest absolute Gasteiger partial charge is 0.325 e. The van der Waals surface area contributed by atoms with E-state index in [1.807, 2.05) is 12.1 Å². The van der Waals surface area contributed by atoms with E-state index in [2.05, 4.69) is 35.1 Å². The van der Waals surface area contributed by atoms with E-state index < -0.39 is 0 Å². The Kier molecular flexibility index (Phi) is 2.81. The maximum absolute atomic E-state index is 5.61. The third-order valence-electron chi connectivity index (χ3n) is 2.82. The molecule has 0 atom stereocenters. The molecule has 3 rings (SSSR count). The summed E-state index contributed by atoms with van der Waals surface area (Å²) in [5.41, 5.74) is 9.88. The lowest BCUT2D eigenvalue weighted by Crippen LogP contribution is -1.98. The molecule has 0 fully saturated rings. The minimum absolute atomic E-state index is 0.456. The number of rotatable bonds is 2. The average molecular weight is 255 g/mol. The summed E-state index contributed by atoms with van der Waals surface area (Å²) in [6.07, 6.45) is 1.79. The number of hydrogen-bond acceptors (Lipinski definition) is 4. The minimum atomic E-state index is 0.456. The summed E-state index contributed by atoms with van der Waals surface area (Å²) in [6.45, 7) is 2.54.